The highest BCUT2D eigenvalue weighted by Gasteiger charge is 2.49. The lowest BCUT2D eigenvalue weighted by Gasteiger charge is -2.47. The zero-order chi connectivity index (χ0) is 41.1. The number of anilines is 6. The largest absolute Gasteiger partial charge is 0.468 e. The Labute approximate surface area is 355 Å². The van der Waals surface area contributed by atoms with Gasteiger partial charge in [0.05, 0.1) is 17.0 Å². The molecule has 60 heavy (non-hydrogen) atoms. The number of rotatable bonds is 5. The van der Waals surface area contributed by atoms with Crippen LogP contribution in [0.2, 0.25) is 0 Å². The average Bonchev–Trinajstić information content (AvgIpc) is 3.64. The molecule has 0 N–H and O–H groups in total. The highest BCUT2D eigenvalue weighted by atomic mass is 16.3. The van der Waals surface area contributed by atoms with E-state index in [0.717, 1.165) is 40.8 Å². The summed E-state index contributed by atoms with van der Waals surface area (Å²) in [4.78, 5) is 5.14. The Morgan fingerprint density at radius 2 is 1.13 bits per heavy atom. The van der Waals surface area contributed by atoms with Crippen LogP contribution in [-0.4, -0.2) is 6.71 Å². The summed E-state index contributed by atoms with van der Waals surface area (Å²) in [5.74, 6) is 0.387. The molecule has 3 nitrogen and oxygen atoms in total. The van der Waals surface area contributed by atoms with Crippen LogP contribution < -0.4 is 26.4 Å². The van der Waals surface area contributed by atoms with Gasteiger partial charge in [0.15, 0.2) is 0 Å². The van der Waals surface area contributed by atoms with Gasteiger partial charge in [-0.05, 0) is 123 Å². The average molecular weight is 779 g/mol. The number of fused-ring (bicyclic) bond motifs is 7. The van der Waals surface area contributed by atoms with Gasteiger partial charge in [-0.15, -0.1) is 0 Å². The molecule has 7 aromatic carbocycles. The normalized spacial score (nSPS) is 15.8. The molecule has 11 rings (SSSR count). The summed E-state index contributed by atoms with van der Waals surface area (Å²) >= 11 is 0. The smallest absolute Gasteiger partial charge is 0.297 e. The summed E-state index contributed by atoms with van der Waals surface area (Å²) in [6, 6.07) is 56.6. The van der Waals surface area contributed by atoms with Gasteiger partial charge in [-0.2, -0.15) is 0 Å². The van der Waals surface area contributed by atoms with Crippen LogP contribution in [0.5, 0.6) is 0 Å². The second-order valence-corrected chi connectivity index (χ2v) is 19.0. The van der Waals surface area contributed by atoms with Gasteiger partial charge in [-0.25, -0.2) is 0 Å². The molecule has 8 aromatic rings. The Morgan fingerprint density at radius 1 is 0.567 bits per heavy atom. The van der Waals surface area contributed by atoms with E-state index in [1.54, 1.807) is 0 Å². The van der Waals surface area contributed by atoms with Crippen LogP contribution in [0.3, 0.4) is 0 Å². The van der Waals surface area contributed by atoms with Gasteiger partial charge >= 0.3 is 0 Å². The van der Waals surface area contributed by atoms with Crippen molar-refractivity contribution in [2.75, 3.05) is 9.80 Å². The minimum Gasteiger partial charge on any atom is -0.468 e. The van der Waals surface area contributed by atoms with Crippen molar-refractivity contribution in [3.05, 3.63) is 174 Å². The lowest BCUT2D eigenvalue weighted by atomic mass is 9.35. The molecule has 0 fully saturated rings. The maximum absolute atomic E-state index is 7.37. The number of para-hydroxylation sites is 2. The first-order valence-corrected chi connectivity index (χ1v) is 21.8. The van der Waals surface area contributed by atoms with Crippen LogP contribution in [0.15, 0.2) is 156 Å². The molecule has 0 unspecified atom stereocenters. The highest BCUT2D eigenvalue weighted by Crippen LogP contribution is 2.54. The second kappa shape index (κ2) is 13.4. The molecular formula is C56H51BN2O. The first kappa shape index (κ1) is 36.8. The third kappa shape index (κ3) is 5.49. The number of furan rings is 1. The standard InChI is InChI=1S/C56H51BN2O/c1-35(2)39-26-27-43-50(32-39)60-54-53(43)58(40-22-15-10-16-23-40)48-30-36(3)31-49-51(48)57(54)46-33-44-45(56(6,7)29-28-55(44,4)5)34-47(46)59(49)52-41(37-18-11-8-12-19-37)24-17-25-42(52)38-20-13-9-14-21-38/h8-27,30-35H,28-29H2,1-7H3. The Morgan fingerprint density at radius 3 is 1.73 bits per heavy atom. The molecule has 1 aliphatic carbocycles. The minimum absolute atomic E-state index is 0.0131. The van der Waals surface area contributed by atoms with Gasteiger partial charge in [0.25, 0.3) is 6.71 Å². The van der Waals surface area contributed by atoms with E-state index in [1.165, 1.54) is 78.2 Å². The molecule has 0 bridgehead atoms. The van der Waals surface area contributed by atoms with E-state index in [1.807, 2.05) is 0 Å². The quantitative estimate of drug-likeness (QED) is 0.162. The predicted molar refractivity (Wildman–Crippen MR) is 255 cm³/mol. The zero-order valence-corrected chi connectivity index (χ0v) is 35.8. The highest BCUT2D eigenvalue weighted by molar-refractivity contribution is 7.00. The van der Waals surface area contributed by atoms with Crippen molar-refractivity contribution in [3.63, 3.8) is 0 Å². The topological polar surface area (TPSA) is 19.6 Å². The Kier molecular flexibility index (Phi) is 8.20. The summed E-state index contributed by atoms with van der Waals surface area (Å²) < 4.78 is 7.37. The third-order valence-electron chi connectivity index (χ3n) is 13.9. The van der Waals surface area contributed by atoms with Gasteiger partial charge in [-0.1, -0.05) is 151 Å². The number of hydrogen-bond donors (Lipinski definition) is 0. The fraction of sp³-hybridized carbons (Fsp3) is 0.214. The molecule has 4 heteroatoms. The van der Waals surface area contributed by atoms with Gasteiger partial charge in [0.2, 0.25) is 0 Å². The van der Waals surface area contributed by atoms with Crippen LogP contribution in [0.1, 0.15) is 82.6 Å². The van der Waals surface area contributed by atoms with E-state index >= 15 is 0 Å². The Hall–Kier alpha value is -6.26. The van der Waals surface area contributed by atoms with E-state index in [0.29, 0.717) is 5.92 Å². The molecule has 0 saturated carbocycles. The monoisotopic (exact) mass is 778 g/mol. The minimum atomic E-state index is -0.123. The van der Waals surface area contributed by atoms with E-state index < -0.39 is 0 Å². The van der Waals surface area contributed by atoms with Crippen molar-refractivity contribution in [2.24, 2.45) is 0 Å². The summed E-state index contributed by atoms with van der Waals surface area (Å²) in [7, 11) is 0. The molecule has 3 heterocycles. The van der Waals surface area contributed by atoms with Crippen molar-refractivity contribution in [3.8, 4) is 22.3 Å². The molecule has 0 saturated heterocycles. The zero-order valence-electron chi connectivity index (χ0n) is 35.8. The molecule has 0 radical (unpaired) electrons. The summed E-state index contributed by atoms with van der Waals surface area (Å²) in [5.41, 5.74) is 21.9. The predicted octanol–water partition coefficient (Wildman–Crippen LogP) is 13.6. The molecule has 1 aromatic heterocycles. The van der Waals surface area contributed by atoms with Gasteiger partial charge in [0.1, 0.15) is 5.58 Å². The van der Waals surface area contributed by atoms with E-state index in [4.69, 9.17) is 4.42 Å². The van der Waals surface area contributed by atoms with E-state index in [-0.39, 0.29) is 17.5 Å². The van der Waals surface area contributed by atoms with Gasteiger partial charge in [-0.3, -0.25) is 0 Å². The number of benzene rings is 7. The maximum Gasteiger partial charge on any atom is 0.297 e. The molecule has 0 spiro atoms. The van der Waals surface area contributed by atoms with Crippen LogP contribution >= 0.6 is 0 Å². The summed E-state index contributed by atoms with van der Waals surface area (Å²) in [6.07, 6.45) is 2.29. The summed E-state index contributed by atoms with van der Waals surface area (Å²) in [6.45, 7) is 16.5. The molecule has 2 aliphatic heterocycles. The maximum atomic E-state index is 7.37. The molecular weight excluding hydrogens is 727 g/mol. The SMILES string of the molecule is Cc1cc2c3c(c1)N(c1ccccc1)c1c(oc4cc(C(C)C)ccc14)B3c1cc3c(cc1N2c1c(-c2ccccc2)cccc1-c1ccccc1)C(C)(C)CCC3(C)C. The lowest BCUT2D eigenvalue weighted by molar-refractivity contribution is 0.332. The lowest BCUT2D eigenvalue weighted by Crippen LogP contribution is -2.61. The van der Waals surface area contributed by atoms with Crippen LogP contribution in [0.4, 0.5) is 34.1 Å². The molecule has 3 aliphatic rings. The van der Waals surface area contributed by atoms with Crippen molar-refractivity contribution in [2.45, 2.75) is 78.1 Å². The summed E-state index contributed by atoms with van der Waals surface area (Å²) in [5, 5.41) is 1.15. The second-order valence-electron chi connectivity index (χ2n) is 19.0. The number of aryl methyl sites for hydroxylation is 1. The first-order valence-electron chi connectivity index (χ1n) is 21.8. The molecule has 294 valence electrons. The number of nitrogens with zero attached hydrogens (tertiary/aromatic N) is 2. The molecule has 0 atom stereocenters. The Bertz CT molecular complexity index is 2920. The Balaban J connectivity index is 1.32. The van der Waals surface area contributed by atoms with Gasteiger partial charge < -0.3 is 14.2 Å². The first-order chi connectivity index (χ1) is 29.0. The van der Waals surface area contributed by atoms with Crippen molar-refractivity contribution < 1.29 is 4.42 Å². The third-order valence-corrected chi connectivity index (χ3v) is 13.9. The fourth-order valence-electron chi connectivity index (χ4n) is 10.6. The van der Waals surface area contributed by atoms with Crippen LogP contribution in [0, 0.1) is 6.92 Å². The van der Waals surface area contributed by atoms with Crippen molar-refractivity contribution in [1.29, 1.82) is 0 Å². The van der Waals surface area contributed by atoms with Gasteiger partial charge in [0, 0.05) is 39.3 Å². The number of hydrogen-bond acceptors (Lipinski definition) is 3. The van der Waals surface area contributed by atoms with Crippen LogP contribution in [-0.2, 0) is 10.8 Å². The van der Waals surface area contributed by atoms with E-state index in [2.05, 4.69) is 210 Å². The van der Waals surface area contributed by atoms with E-state index in [9.17, 15) is 0 Å². The van der Waals surface area contributed by atoms with Crippen molar-refractivity contribution in [1.82, 2.24) is 0 Å². The molecule has 0 amide bonds. The van der Waals surface area contributed by atoms with Crippen molar-refractivity contribution >= 4 is 68.4 Å². The fourth-order valence-corrected chi connectivity index (χ4v) is 10.6. The van der Waals surface area contributed by atoms with Crippen LogP contribution in [0.25, 0.3) is 33.2 Å².